The van der Waals surface area contributed by atoms with E-state index in [0.29, 0.717) is 6.42 Å². The minimum atomic E-state index is -0.689. The fourth-order valence-electron chi connectivity index (χ4n) is 1.25. The molecule has 0 heterocycles. The summed E-state index contributed by atoms with van der Waals surface area (Å²) in [6.07, 6.45) is 0.469. The lowest BCUT2D eigenvalue weighted by atomic mass is 10.0. The number of carbonyl (C=O) groups is 3. The van der Waals surface area contributed by atoms with Crippen molar-refractivity contribution < 1.29 is 14.4 Å². The van der Waals surface area contributed by atoms with Crippen LogP contribution in [-0.4, -0.2) is 36.9 Å². The van der Waals surface area contributed by atoms with Gasteiger partial charge in [0.15, 0.2) is 0 Å². The highest BCUT2D eigenvalue weighted by Gasteiger charge is 2.21. The van der Waals surface area contributed by atoms with Gasteiger partial charge < -0.3 is 22.1 Å². The highest BCUT2D eigenvalue weighted by molar-refractivity contribution is 5.90. The van der Waals surface area contributed by atoms with Gasteiger partial charge in [-0.05, 0) is 12.3 Å². The number of carbonyl (C=O) groups excluding carboxylic acids is 3. The maximum absolute atomic E-state index is 11.7. The third-order valence-electron chi connectivity index (χ3n) is 1.98. The van der Waals surface area contributed by atoms with Crippen molar-refractivity contribution in [2.45, 2.75) is 26.3 Å². The average Bonchev–Trinajstić information content (AvgIpc) is 2.23. The maximum atomic E-state index is 11.7. The van der Waals surface area contributed by atoms with E-state index in [2.05, 4.69) is 10.6 Å². The summed E-state index contributed by atoms with van der Waals surface area (Å²) in [5.74, 6) is -1.26. The molecule has 7 nitrogen and oxygen atoms in total. The van der Waals surface area contributed by atoms with Crippen LogP contribution < -0.4 is 22.1 Å². The van der Waals surface area contributed by atoms with Crippen LogP contribution in [-0.2, 0) is 14.4 Å². The lowest BCUT2D eigenvalue weighted by Gasteiger charge is -2.19. The van der Waals surface area contributed by atoms with Gasteiger partial charge in [-0.2, -0.15) is 0 Å². The number of primary amides is 1. The fraction of sp³-hybridized carbons (Fsp3) is 0.700. The molecule has 0 aromatic rings. The molecule has 0 bridgehead atoms. The van der Waals surface area contributed by atoms with Gasteiger partial charge in [0.1, 0.15) is 6.04 Å². The van der Waals surface area contributed by atoms with Crippen molar-refractivity contribution in [3.63, 3.8) is 0 Å². The number of hydrogen-bond acceptors (Lipinski definition) is 4. The molecule has 3 amide bonds. The molecule has 0 unspecified atom stereocenters. The van der Waals surface area contributed by atoms with Crippen LogP contribution in [0.3, 0.4) is 0 Å². The molecule has 0 rings (SSSR count). The van der Waals surface area contributed by atoms with E-state index in [1.54, 1.807) is 0 Å². The first-order valence-electron chi connectivity index (χ1n) is 5.42. The van der Waals surface area contributed by atoms with Crippen molar-refractivity contribution >= 4 is 17.7 Å². The fourth-order valence-corrected chi connectivity index (χ4v) is 1.25. The van der Waals surface area contributed by atoms with Crippen LogP contribution in [0, 0.1) is 5.92 Å². The molecule has 98 valence electrons. The van der Waals surface area contributed by atoms with E-state index in [9.17, 15) is 14.4 Å². The second kappa shape index (κ2) is 7.61. The normalized spacial score (nSPS) is 12.0. The number of hydrogen-bond donors (Lipinski definition) is 4. The largest absolute Gasteiger partial charge is 0.368 e. The van der Waals surface area contributed by atoms with Crippen LogP contribution in [0.25, 0.3) is 0 Å². The van der Waals surface area contributed by atoms with Crippen LogP contribution in [0.5, 0.6) is 0 Å². The molecule has 1 atom stereocenters. The average molecular weight is 244 g/mol. The Morgan fingerprint density at radius 3 is 2.24 bits per heavy atom. The summed E-state index contributed by atoms with van der Waals surface area (Å²) < 4.78 is 0. The molecule has 0 aliphatic carbocycles. The SMILES string of the molecule is CC(C)C[C@H](NC(=O)CN)C(=O)NCC(N)=O. The topological polar surface area (TPSA) is 127 Å². The molecule has 0 saturated heterocycles. The van der Waals surface area contributed by atoms with Crippen molar-refractivity contribution in [1.29, 1.82) is 0 Å². The van der Waals surface area contributed by atoms with E-state index in [4.69, 9.17) is 11.5 Å². The third-order valence-corrected chi connectivity index (χ3v) is 1.98. The predicted molar refractivity (Wildman–Crippen MR) is 62.6 cm³/mol. The maximum Gasteiger partial charge on any atom is 0.243 e. The Morgan fingerprint density at radius 1 is 1.24 bits per heavy atom. The molecule has 0 radical (unpaired) electrons. The van der Waals surface area contributed by atoms with Gasteiger partial charge in [-0.3, -0.25) is 14.4 Å². The van der Waals surface area contributed by atoms with E-state index >= 15 is 0 Å². The molecule has 0 aliphatic rings. The van der Waals surface area contributed by atoms with Gasteiger partial charge in [0.25, 0.3) is 0 Å². The monoisotopic (exact) mass is 244 g/mol. The predicted octanol–water partition coefficient (Wildman–Crippen LogP) is -1.92. The molecule has 0 spiro atoms. The second-order valence-corrected chi connectivity index (χ2v) is 4.14. The van der Waals surface area contributed by atoms with Crippen LogP contribution in [0.1, 0.15) is 20.3 Å². The Kier molecular flexibility index (Phi) is 6.88. The Morgan fingerprint density at radius 2 is 1.82 bits per heavy atom. The summed E-state index contributed by atoms with van der Waals surface area (Å²) in [6, 6.07) is -0.689. The van der Waals surface area contributed by atoms with Gasteiger partial charge in [0.05, 0.1) is 13.1 Å². The number of rotatable bonds is 7. The number of nitrogens with one attached hydrogen (secondary N) is 2. The van der Waals surface area contributed by atoms with Gasteiger partial charge in [-0.25, -0.2) is 0 Å². The molecule has 0 saturated carbocycles. The summed E-state index contributed by atoms with van der Waals surface area (Å²) in [5.41, 5.74) is 10.1. The van der Waals surface area contributed by atoms with Crippen LogP contribution in [0.4, 0.5) is 0 Å². The number of nitrogens with two attached hydrogens (primary N) is 2. The molecule has 17 heavy (non-hydrogen) atoms. The van der Waals surface area contributed by atoms with Crippen molar-refractivity contribution in [3.05, 3.63) is 0 Å². The second-order valence-electron chi connectivity index (χ2n) is 4.14. The molecule has 0 fully saturated rings. The highest BCUT2D eigenvalue weighted by Crippen LogP contribution is 2.04. The zero-order chi connectivity index (χ0) is 13.4. The Balaban J connectivity index is 4.39. The standard InChI is InChI=1S/C10H20N4O3/c1-6(2)3-7(14-9(16)4-11)10(17)13-5-8(12)15/h6-7H,3-5,11H2,1-2H3,(H2,12,15)(H,13,17)(H,14,16)/t7-/m0/s1. The first kappa shape index (κ1) is 15.4. The minimum absolute atomic E-state index is 0.183. The molecule has 0 aliphatic heterocycles. The van der Waals surface area contributed by atoms with Crippen molar-refractivity contribution in [3.8, 4) is 0 Å². The van der Waals surface area contributed by atoms with Gasteiger partial charge in [-0.1, -0.05) is 13.8 Å². The molecule has 6 N–H and O–H groups in total. The van der Waals surface area contributed by atoms with Crippen molar-refractivity contribution in [2.24, 2.45) is 17.4 Å². The smallest absolute Gasteiger partial charge is 0.243 e. The van der Waals surface area contributed by atoms with Gasteiger partial charge in [0.2, 0.25) is 17.7 Å². The Labute approximate surface area is 100 Å². The van der Waals surface area contributed by atoms with Gasteiger partial charge in [0, 0.05) is 0 Å². The molecule has 0 aromatic carbocycles. The highest BCUT2D eigenvalue weighted by atomic mass is 16.2. The van der Waals surface area contributed by atoms with E-state index < -0.39 is 23.8 Å². The van der Waals surface area contributed by atoms with Crippen molar-refractivity contribution in [1.82, 2.24) is 10.6 Å². The van der Waals surface area contributed by atoms with Crippen LogP contribution in [0.2, 0.25) is 0 Å². The van der Waals surface area contributed by atoms with E-state index in [-0.39, 0.29) is 19.0 Å². The van der Waals surface area contributed by atoms with Gasteiger partial charge in [-0.15, -0.1) is 0 Å². The summed E-state index contributed by atoms with van der Waals surface area (Å²) in [4.78, 5) is 33.3. The van der Waals surface area contributed by atoms with Crippen molar-refractivity contribution in [2.75, 3.05) is 13.1 Å². The lowest BCUT2D eigenvalue weighted by molar-refractivity contribution is -0.129. The zero-order valence-corrected chi connectivity index (χ0v) is 10.2. The van der Waals surface area contributed by atoms with E-state index in [1.165, 1.54) is 0 Å². The third kappa shape index (κ3) is 7.29. The molecular weight excluding hydrogens is 224 g/mol. The Bertz CT molecular complexity index is 291. The Hall–Kier alpha value is -1.63. The summed E-state index contributed by atoms with van der Waals surface area (Å²) in [5, 5.41) is 4.84. The quantitative estimate of drug-likeness (QED) is 0.416. The summed E-state index contributed by atoms with van der Waals surface area (Å²) >= 11 is 0. The summed E-state index contributed by atoms with van der Waals surface area (Å²) in [6.45, 7) is 3.41. The first-order valence-corrected chi connectivity index (χ1v) is 5.42. The first-order chi connectivity index (χ1) is 7.86. The molecule has 7 heteroatoms. The zero-order valence-electron chi connectivity index (χ0n) is 10.2. The minimum Gasteiger partial charge on any atom is -0.368 e. The lowest BCUT2D eigenvalue weighted by Crippen LogP contribution is -2.50. The van der Waals surface area contributed by atoms with E-state index in [1.807, 2.05) is 13.8 Å². The molecular formula is C10H20N4O3. The van der Waals surface area contributed by atoms with Crippen LogP contribution in [0.15, 0.2) is 0 Å². The summed E-state index contributed by atoms with van der Waals surface area (Å²) in [7, 11) is 0. The number of amides is 3. The van der Waals surface area contributed by atoms with E-state index in [0.717, 1.165) is 0 Å². The van der Waals surface area contributed by atoms with Gasteiger partial charge >= 0.3 is 0 Å². The van der Waals surface area contributed by atoms with Crippen LogP contribution >= 0.6 is 0 Å². The molecule has 0 aromatic heterocycles.